The maximum atomic E-state index is 5.18. The van der Waals surface area contributed by atoms with Crippen LogP contribution < -0.4 is 10.1 Å². The molecule has 1 heterocycles. The fourth-order valence-electron chi connectivity index (χ4n) is 2.47. The van der Waals surface area contributed by atoms with E-state index in [1.807, 2.05) is 54.3 Å². The van der Waals surface area contributed by atoms with Gasteiger partial charge in [0, 0.05) is 26.8 Å². The normalized spacial score (nSPS) is 11.2. The minimum Gasteiger partial charge on any atom is -0.497 e. The van der Waals surface area contributed by atoms with Gasteiger partial charge in [0.25, 0.3) is 0 Å². The molecule has 0 unspecified atom stereocenters. The maximum Gasteiger partial charge on any atom is 0.193 e. The molecular weight excluding hydrogens is 314 g/mol. The topological polar surface area (TPSA) is 54.7 Å². The molecule has 25 heavy (non-hydrogen) atoms. The van der Waals surface area contributed by atoms with Crippen LogP contribution in [0.15, 0.2) is 54.2 Å². The summed E-state index contributed by atoms with van der Waals surface area (Å²) in [5, 5.41) is 7.95. The van der Waals surface area contributed by atoms with Crippen molar-refractivity contribution in [3.8, 4) is 11.4 Å². The van der Waals surface area contributed by atoms with Crippen LogP contribution >= 0.6 is 0 Å². The number of methoxy groups -OCH3 is 1. The highest BCUT2D eigenvalue weighted by molar-refractivity contribution is 5.79. The highest BCUT2D eigenvalue weighted by atomic mass is 16.5. The second-order valence-corrected chi connectivity index (χ2v) is 5.70. The van der Waals surface area contributed by atoms with Crippen molar-refractivity contribution in [2.45, 2.75) is 19.4 Å². The van der Waals surface area contributed by atoms with E-state index in [0.29, 0.717) is 6.54 Å². The number of nitrogens with one attached hydrogen (secondary N) is 1. The largest absolute Gasteiger partial charge is 0.497 e. The number of aliphatic imine (C=N–C) groups is 1. The minimum atomic E-state index is 0.627. The first kappa shape index (κ1) is 18.6. The van der Waals surface area contributed by atoms with E-state index in [-0.39, 0.29) is 0 Å². The Hall–Kier alpha value is -2.76. The first-order chi connectivity index (χ1) is 12.2. The van der Waals surface area contributed by atoms with E-state index in [1.165, 1.54) is 0 Å². The number of ether oxygens (including phenoxy) is 1. The monoisotopic (exact) mass is 341 g/mol. The Morgan fingerprint density at radius 3 is 2.76 bits per heavy atom. The number of guanidine groups is 1. The Labute approximate surface area is 149 Å². The predicted octanol–water partition coefficient (Wildman–Crippen LogP) is 2.85. The summed E-state index contributed by atoms with van der Waals surface area (Å²) in [6.45, 7) is 5.32. The van der Waals surface area contributed by atoms with Crippen molar-refractivity contribution >= 4 is 5.96 Å². The summed E-state index contributed by atoms with van der Waals surface area (Å²) >= 11 is 0. The summed E-state index contributed by atoms with van der Waals surface area (Å²) in [6.07, 6.45) is 5.96. The van der Waals surface area contributed by atoms with E-state index in [9.17, 15) is 0 Å². The molecule has 0 aliphatic carbocycles. The average molecular weight is 341 g/mol. The third-order valence-corrected chi connectivity index (χ3v) is 3.88. The molecule has 1 aromatic heterocycles. The molecule has 0 saturated carbocycles. The number of benzene rings is 1. The summed E-state index contributed by atoms with van der Waals surface area (Å²) in [5.74, 6) is 1.70. The first-order valence-electron chi connectivity index (χ1n) is 8.39. The Kier molecular flexibility index (Phi) is 7.07. The molecule has 6 nitrogen and oxygen atoms in total. The van der Waals surface area contributed by atoms with Gasteiger partial charge in [-0.2, -0.15) is 5.10 Å². The van der Waals surface area contributed by atoms with Gasteiger partial charge >= 0.3 is 0 Å². The van der Waals surface area contributed by atoms with Crippen LogP contribution in [0.3, 0.4) is 0 Å². The third-order valence-electron chi connectivity index (χ3n) is 3.88. The molecule has 2 aromatic rings. The number of hydrogen-bond acceptors (Lipinski definition) is 3. The number of nitrogens with zero attached hydrogens (tertiary/aromatic N) is 4. The lowest BCUT2D eigenvalue weighted by molar-refractivity contribution is 0.414. The maximum absolute atomic E-state index is 5.18. The zero-order valence-corrected chi connectivity index (χ0v) is 15.3. The van der Waals surface area contributed by atoms with Gasteiger partial charge in [0.05, 0.1) is 25.0 Å². The number of unbranched alkanes of at least 4 members (excludes halogenated alkanes) is 1. The van der Waals surface area contributed by atoms with Gasteiger partial charge in [-0.25, -0.2) is 4.68 Å². The van der Waals surface area contributed by atoms with Crippen LogP contribution in [0.5, 0.6) is 5.75 Å². The van der Waals surface area contributed by atoms with E-state index in [0.717, 1.165) is 42.5 Å². The second kappa shape index (κ2) is 9.52. The predicted molar refractivity (Wildman–Crippen MR) is 102 cm³/mol. The molecule has 0 aliphatic heterocycles. The summed E-state index contributed by atoms with van der Waals surface area (Å²) < 4.78 is 7.04. The molecular formula is C19H27N5O. The van der Waals surface area contributed by atoms with Crippen molar-refractivity contribution in [2.24, 2.45) is 4.99 Å². The van der Waals surface area contributed by atoms with E-state index in [2.05, 4.69) is 26.9 Å². The van der Waals surface area contributed by atoms with Crippen molar-refractivity contribution in [3.05, 3.63) is 54.9 Å². The highest BCUT2D eigenvalue weighted by Crippen LogP contribution is 2.14. The van der Waals surface area contributed by atoms with Crippen molar-refractivity contribution in [2.75, 3.05) is 27.7 Å². The number of hydrogen-bond donors (Lipinski definition) is 1. The van der Waals surface area contributed by atoms with Crippen LogP contribution in [0, 0.1) is 0 Å². The zero-order valence-electron chi connectivity index (χ0n) is 15.3. The van der Waals surface area contributed by atoms with Gasteiger partial charge in [-0.05, 0) is 43.2 Å². The molecule has 0 saturated heterocycles. The summed E-state index contributed by atoms with van der Waals surface area (Å²) in [7, 11) is 5.49. The molecule has 0 aliphatic rings. The van der Waals surface area contributed by atoms with Crippen LogP contribution in [0.4, 0.5) is 0 Å². The third kappa shape index (κ3) is 5.38. The van der Waals surface area contributed by atoms with E-state index < -0.39 is 0 Å². The molecule has 0 amide bonds. The fourth-order valence-corrected chi connectivity index (χ4v) is 2.47. The van der Waals surface area contributed by atoms with Gasteiger partial charge in [-0.3, -0.25) is 4.99 Å². The number of aromatic nitrogens is 2. The SMILES string of the molecule is C=CCCCN(C)C(=NC)NCc1ccn(-c2ccc(OC)cc2)n1. The highest BCUT2D eigenvalue weighted by Gasteiger charge is 2.07. The molecule has 134 valence electrons. The molecule has 1 aromatic carbocycles. The molecule has 0 atom stereocenters. The lowest BCUT2D eigenvalue weighted by Crippen LogP contribution is -2.39. The quantitative estimate of drug-likeness (QED) is 0.347. The molecule has 0 fully saturated rings. The van der Waals surface area contributed by atoms with Crippen LogP contribution in [-0.4, -0.2) is 48.4 Å². The average Bonchev–Trinajstić information content (AvgIpc) is 3.11. The molecule has 0 radical (unpaired) electrons. The number of rotatable bonds is 8. The molecule has 0 bridgehead atoms. The Morgan fingerprint density at radius 1 is 1.36 bits per heavy atom. The minimum absolute atomic E-state index is 0.627. The van der Waals surface area contributed by atoms with Gasteiger partial charge in [-0.15, -0.1) is 6.58 Å². The summed E-state index contributed by atoms with van der Waals surface area (Å²) in [4.78, 5) is 6.44. The molecule has 1 N–H and O–H groups in total. The van der Waals surface area contributed by atoms with E-state index in [4.69, 9.17) is 4.74 Å². The fraction of sp³-hybridized carbons (Fsp3) is 0.368. The van der Waals surface area contributed by atoms with Gasteiger partial charge < -0.3 is 15.0 Å². The van der Waals surface area contributed by atoms with Gasteiger partial charge in [0.2, 0.25) is 0 Å². The molecule has 6 heteroatoms. The smallest absolute Gasteiger partial charge is 0.193 e. The van der Waals surface area contributed by atoms with Crippen LogP contribution in [0.1, 0.15) is 18.5 Å². The van der Waals surface area contributed by atoms with Crippen LogP contribution in [0.25, 0.3) is 5.69 Å². The van der Waals surface area contributed by atoms with E-state index in [1.54, 1.807) is 14.2 Å². The standard InChI is InChI=1S/C19H27N5O/c1-5-6-7-13-23(3)19(20-2)21-15-16-12-14-24(22-16)17-8-10-18(25-4)11-9-17/h5,8-12,14H,1,6-7,13,15H2,2-4H3,(H,20,21). The van der Waals surface area contributed by atoms with Crippen LogP contribution in [-0.2, 0) is 6.54 Å². The Bertz CT molecular complexity index is 690. The number of allylic oxidation sites excluding steroid dienone is 1. The lowest BCUT2D eigenvalue weighted by atomic mass is 10.3. The van der Waals surface area contributed by atoms with Crippen LogP contribution in [0.2, 0.25) is 0 Å². The van der Waals surface area contributed by atoms with Gasteiger partial charge in [0.15, 0.2) is 5.96 Å². The Balaban J connectivity index is 1.92. The first-order valence-corrected chi connectivity index (χ1v) is 8.39. The summed E-state index contributed by atoms with van der Waals surface area (Å²) in [5.41, 5.74) is 1.95. The second-order valence-electron chi connectivity index (χ2n) is 5.70. The van der Waals surface area contributed by atoms with Crippen molar-refractivity contribution in [1.82, 2.24) is 20.0 Å². The Morgan fingerprint density at radius 2 is 2.12 bits per heavy atom. The zero-order chi connectivity index (χ0) is 18.1. The van der Waals surface area contributed by atoms with Gasteiger partial charge in [-0.1, -0.05) is 6.08 Å². The summed E-state index contributed by atoms with van der Waals surface area (Å²) in [6, 6.07) is 9.82. The molecule has 2 rings (SSSR count). The van der Waals surface area contributed by atoms with Gasteiger partial charge in [0.1, 0.15) is 5.75 Å². The van der Waals surface area contributed by atoms with Crippen molar-refractivity contribution in [1.29, 1.82) is 0 Å². The lowest BCUT2D eigenvalue weighted by Gasteiger charge is -2.21. The van der Waals surface area contributed by atoms with E-state index >= 15 is 0 Å². The van der Waals surface area contributed by atoms with Crippen molar-refractivity contribution in [3.63, 3.8) is 0 Å². The van der Waals surface area contributed by atoms with Crippen molar-refractivity contribution < 1.29 is 4.74 Å². The molecule has 0 spiro atoms.